The Labute approximate surface area is 116 Å². The van der Waals surface area contributed by atoms with E-state index in [1.807, 2.05) is 6.07 Å². The summed E-state index contributed by atoms with van der Waals surface area (Å²) in [6.45, 7) is 0. The number of aliphatic carboxylic acids is 1. The van der Waals surface area contributed by atoms with Crippen molar-refractivity contribution in [2.45, 2.75) is 44.1 Å². The summed E-state index contributed by atoms with van der Waals surface area (Å²) in [6, 6.07) is 1.83. The number of nitrogens with one attached hydrogen (secondary N) is 1. The van der Waals surface area contributed by atoms with Gasteiger partial charge in [0.05, 0.1) is 6.20 Å². The van der Waals surface area contributed by atoms with E-state index >= 15 is 0 Å². The Hall–Kier alpha value is -2.11. The molecule has 6 nitrogen and oxygen atoms in total. The number of carbonyl (C=O) groups is 1. The van der Waals surface area contributed by atoms with E-state index in [1.54, 1.807) is 23.1 Å². The summed E-state index contributed by atoms with van der Waals surface area (Å²) in [5.41, 5.74) is -0.104. The molecule has 0 spiro atoms. The zero-order valence-electron chi connectivity index (χ0n) is 11.2. The highest BCUT2D eigenvalue weighted by Gasteiger charge is 2.39. The van der Waals surface area contributed by atoms with Crippen molar-refractivity contribution < 1.29 is 9.90 Å². The van der Waals surface area contributed by atoms with Crippen LogP contribution in [0.25, 0.3) is 5.52 Å². The van der Waals surface area contributed by atoms with Crippen LogP contribution in [0.3, 0.4) is 0 Å². The van der Waals surface area contributed by atoms with Crippen LogP contribution in [0.4, 0.5) is 5.82 Å². The SMILES string of the molecule is O=C(O)C1(Nc2nccn3nccc23)CCCCCC1. The first-order chi connectivity index (χ1) is 9.71. The highest BCUT2D eigenvalue weighted by molar-refractivity contribution is 5.84. The van der Waals surface area contributed by atoms with Crippen LogP contribution in [-0.2, 0) is 4.79 Å². The number of anilines is 1. The molecule has 0 saturated heterocycles. The van der Waals surface area contributed by atoms with Crippen LogP contribution in [0.15, 0.2) is 24.7 Å². The van der Waals surface area contributed by atoms with Crippen LogP contribution in [0.2, 0.25) is 0 Å². The minimum absolute atomic E-state index is 0.592. The van der Waals surface area contributed by atoms with Crippen molar-refractivity contribution in [3.63, 3.8) is 0 Å². The standard InChI is InChI=1S/C14H18N4O2/c19-13(20)14(6-3-1-2-4-7-14)17-12-11-5-8-16-18(11)10-9-15-12/h5,8-10H,1-4,6-7H2,(H,15,17)(H,19,20). The van der Waals surface area contributed by atoms with Crippen LogP contribution >= 0.6 is 0 Å². The molecule has 1 fully saturated rings. The smallest absolute Gasteiger partial charge is 0.329 e. The third-order valence-electron chi connectivity index (χ3n) is 4.05. The van der Waals surface area contributed by atoms with E-state index in [9.17, 15) is 9.90 Å². The Balaban J connectivity index is 1.97. The molecular weight excluding hydrogens is 256 g/mol. The average molecular weight is 274 g/mol. The lowest BCUT2D eigenvalue weighted by molar-refractivity contribution is -0.142. The normalized spacial score (nSPS) is 18.6. The quantitative estimate of drug-likeness (QED) is 0.840. The molecule has 0 amide bonds. The number of hydrogen-bond donors (Lipinski definition) is 2. The van der Waals surface area contributed by atoms with Gasteiger partial charge in [0.2, 0.25) is 0 Å². The van der Waals surface area contributed by atoms with Crippen LogP contribution in [0, 0.1) is 0 Å². The molecule has 0 aliphatic heterocycles. The van der Waals surface area contributed by atoms with Gasteiger partial charge in [-0.2, -0.15) is 5.10 Å². The topological polar surface area (TPSA) is 79.5 Å². The maximum Gasteiger partial charge on any atom is 0.329 e. The second-order valence-corrected chi connectivity index (χ2v) is 5.36. The minimum Gasteiger partial charge on any atom is -0.480 e. The zero-order valence-corrected chi connectivity index (χ0v) is 11.2. The summed E-state index contributed by atoms with van der Waals surface area (Å²) in [7, 11) is 0. The van der Waals surface area contributed by atoms with E-state index in [-0.39, 0.29) is 0 Å². The maximum absolute atomic E-state index is 11.8. The predicted molar refractivity (Wildman–Crippen MR) is 74.7 cm³/mol. The summed E-state index contributed by atoms with van der Waals surface area (Å²) in [6.07, 6.45) is 10.4. The molecule has 6 heteroatoms. The molecule has 0 radical (unpaired) electrons. The Morgan fingerprint density at radius 1 is 1.25 bits per heavy atom. The molecule has 0 aromatic carbocycles. The van der Waals surface area contributed by atoms with E-state index < -0.39 is 11.5 Å². The summed E-state index contributed by atoms with van der Waals surface area (Å²) < 4.78 is 1.70. The van der Waals surface area contributed by atoms with Crippen molar-refractivity contribution in [2.24, 2.45) is 0 Å². The summed E-state index contributed by atoms with van der Waals surface area (Å²) in [5.74, 6) is -0.197. The van der Waals surface area contributed by atoms with Gasteiger partial charge in [-0.15, -0.1) is 0 Å². The molecule has 0 bridgehead atoms. The van der Waals surface area contributed by atoms with Crippen molar-refractivity contribution in [3.05, 3.63) is 24.7 Å². The fourth-order valence-electron chi connectivity index (χ4n) is 2.91. The van der Waals surface area contributed by atoms with Gasteiger partial charge in [0.1, 0.15) is 11.1 Å². The number of fused-ring (bicyclic) bond motifs is 1. The van der Waals surface area contributed by atoms with Gasteiger partial charge >= 0.3 is 5.97 Å². The lowest BCUT2D eigenvalue weighted by Gasteiger charge is -2.30. The zero-order chi connectivity index (χ0) is 14.0. The molecule has 106 valence electrons. The summed E-state index contributed by atoms with van der Waals surface area (Å²) in [4.78, 5) is 16.1. The van der Waals surface area contributed by atoms with Gasteiger partial charge in [-0.05, 0) is 18.9 Å². The Morgan fingerprint density at radius 3 is 2.70 bits per heavy atom. The first-order valence-electron chi connectivity index (χ1n) is 7.01. The largest absolute Gasteiger partial charge is 0.480 e. The molecule has 1 aliphatic rings. The Kier molecular flexibility index (Phi) is 3.30. The van der Waals surface area contributed by atoms with E-state index in [0.717, 1.165) is 31.2 Å². The highest BCUT2D eigenvalue weighted by atomic mass is 16.4. The molecule has 1 aliphatic carbocycles. The Morgan fingerprint density at radius 2 is 2.00 bits per heavy atom. The minimum atomic E-state index is -0.907. The second-order valence-electron chi connectivity index (χ2n) is 5.36. The van der Waals surface area contributed by atoms with Crippen LogP contribution in [-0.4, -0.2) is 31.2 Å². The molecule has 0 atom stereocenters. The van der Waals surface area contributed by atoms with Crippen LogP contribution < -0.4 is 5.32 Å². The molecule has 0 unspecified atom stereocenters. The van der Waals surface area contributed by atoms with Gasteiger partial charge in [-0.1, -0.05) is 25.7 Å². The molecular formula is C14H18N4O2. The van der Waals surface area contributed by atoms with Crippen molar-refractivity contribution in [1.82, 2.24) is 14.6 Å². The molecule has 2 aromatic rings. The van der Waals surface area contributed by atoms with Crippen molar-refractivity contribution in [1.29, 1.82) is 0 Å². The van der Waals surface area contributed by atoms with Gasteiger partial charge in [-0.3, -0.25) is 0 Å². The number of carboxylic acid groups (broad SMARTS) is 1. The van der Waals surface area contributed by atoms with Crippen LogP contribution in [0.1, 0.15) is 38.5 Å². The number of rotatable bonds is 3. The summed E-state index contributed by atoms with van der Waals surface area (Å²) >= 11 is 0. The number of aromatic nitrogens is 3. The van der Waals surface area contributed by atoms with Crippen molar-refractivity contribution in [2.75, 3.05) is 5.32 Å². The lowest BCUT2D eigenvalue weighted by atomic mass is 9.90. The van der Waals surface area contributed by atoms with Gasteiger partial charge in [-0.25, -0.2) is 14.3 Å². The number of carboxylic acids is 1. The van der Waals surface area contributed by atoms with E-state index in [4.69, 9.17) is 0 Å². The highest BCUT2D eigenvalue weighted by Crippen LogP contribution is 2.31. The van der Waals surface area contributed by atoms with Gasteiger partial charge in [0.25, 0.3) is 0 Å². The second kappa shape index (κ2) is 5.11. The molecule has 2 heterocycles. The lowest BCUT2D eigenvalue weighted by Crippen LogP contribution is -2.46. The van der Waals surface area contributed by atoms with Crippen molar-refractivity contribution >= 4 is 17.3 Å². The predicted octanol–water partition coefficient (Wildman–Crippen LogP) is 2.32. The number of nitrogens with zero attached hydrogens (tertiary/aromatic N) is 3. The molecule has 20 heavy (non-hydrogen) atoms. The third-order valence-corrected chi connectivity index (χ3v) is 4.05. The summed E-state index contributed by atoms with van der Waals surface area (Å²) in [5, 5.41) is 17.0. The number of hydrogen-bond acceptors (Lipinski definition) is 4. The van der Waals surface area contributed by atoms with Gasteiger partial charge in [0.15, 0.2) is 5.82 Å². The fraction of sp³-hybridized carbons (Fsp3) is 0.500. The third kappa shape index (κ3) is 2.21. The van der Waals surface area contributed by atoms with E-state index in [1.165, 1.54) is 0 Å². The average Bonchev–Trinajstić information content (AvgIpc) is 2.79. The van der Waals surface area contributed by atoms with Crippen molar-refractivity contribution in [3.8, 4) is 0 Å². The monoisotopic (exact) mass is 274 g/mol. The fourth-order valence-corrected chi connectivity index (χ4v) is 2.91. The van der Waals surface area contributed by atoms with E-state index in [2.05, 4.69) is 15.4 Å². The van der Waals surface area contributed by atoms with Crippen LogP contribution in [0.5, 0.6) is 0 Å². The Bertz CT molecular complexity index is 614. The first kappa shape index (κ1) is 12.9. The van der Waals surface area contributed by atoms with Gasteiger partial charge < -0.3 is 10.4 Å². The molecule has 2 N–H and O–H groups in total. The molecule has 1 saturated carbocycles. The van der Waals surface area contributed by atoms with Gasteiger partial charge in [0, 0.05) is 12.4 Å². The maximum atomic E-state index is 11.8. The molecule has 2 aromatic heterocycles. The van der Waals surface area contributed by atoms with E-state index in [0.29, 0.717) is 18.7 Å². The molecule has 3 rings (SSSR count). The first-order valence-corrected chi connectivity index (χ1v) is 7.01.